The molecule has 1 heterocycles. The molecule has 1 amide bonds. The number of nitro benzene ring substituents is 1. The van der Waals surface area contributed by atoms with Crippen molar-refractivity contribution in [2.45, 2.75) is 19.1 Å². The summed E-state index contributed by atoms with van der Waals surface area (Å²) in [4.78, 5) is 22.5. The van der Waals surface area contributed by atoms with E-state index in [0.29, 0.717) is 5.89 Å². The summed E-state index contributed by atoms with van der Waals surface area (Å²) in [5.74, 6) is -0.0376. The van der Waals surface area contributed by atoms with E-state index in [-0.39, 0.29) is 22.4 Å². The average molecular weight is 384 g/mol. The Morgan fingerprint density at radius 3 is 2.59 bits per heavy atom. The third-order valence-corrected chi connectivity index (χ3v) is 4.40. The summed E-state index contributed by atoms with van der Waals surface area (Å²) in [6, 6.07) is 11.9. The highest BCUT2D eigenvalue weighted by atomic mass is 32.2. The zero-order valence-corrected chi connectivity index (χ0v) is 15.4. The van der Waals surface area contributed by atoms with Gasteiger partial charge in [-0.1, -0.05) is 41.1 Å². The molecule has 138 valence electrons. The predicted molar refractivity (Wildman–Crippen MR) is 102 cm³/mol. The number of hydrogen-bond donors (Lipinski definition) is 1. The number of hydrogen-bond acceptors (Lipinski definition) is 7. The number of para-hydroxylation sites is 2. The van der Waals surface area contributed by atoms with E-state index in [9.17, 15) is 14.9 Å². The van der Waals surface area contributed by atoms with E-state index in [1.807, 2.05) is 32.0 Å². The summed E-state index contributed by atoms with van der Waals surface area (Å²) in [7, 11) is 0. The van der Waals surface area contributed by atoms with Crippen LogP contribution in [-0.4, -0.2) is 26.8 Å². The first-order valence-corrected chi connectivity index (χ1v) is 8.99. The Kier molecular flexibility index (Phi) is 5.51. The van der Waals surface area contributed by atoms with Gasteiger partial charge in [-0.25, -0.2) is 0 Å². The van der Waals surface area contributed by atoms with Crippen molar-refractivity contribution >= 4 is 29.0 Å². The van der Waals surface area contributed by atoms with Crippen molar-refractivity contribution in [1.82, 2.24) is 10.2 Å². The zero-order chi connectivity index (χ0) is 19.4. The Hall–Kier alpha value is -3.20. The van der Waals surface area contributed by atoms with Crippen molar-refractivity contribution < 1.29 is 14.1 Å². The molecule has 0 fully saturated rings. The quantitative estimate of drug-likeness (QED) is 0.388. The van der Waals surface area contributed by atoms with E-state index in [1.54, 1.807) is 6.07 Å². The smallest absolute Gasteiger partial charge is 0.292 e. The molecular weight excluding hydrogens is 368 g/mol. The van der Waals surface area contributed by atoms with Crippen LogP contribution in [0.3, 0.4) is 0 Å². The van der Waals surface area contributed by atoms with Gasteiger partial charge in [0.05, 0.1) is 10.7 Å². The van der Waals surface area contributed by atoms with Crippen LogP contribution in [0.5, 0.6) is 0 Å². The van der Waals surface area contributed by atoms with E-state index in [2.05, 4.69) is 15.5 Å². The van der Waals surface area contributed by atoms with Gasteiger partial charge in [-0.05, 0) is 32.0 Å². The normalized spacial score (nSPS) is 10.6. The van der Waals surface area contributed by atoms with E-state index in [4.69, 9.17) is 4.42 Å². The van der Waals surface area contributed by atoms with Gasteiger partial charge in [-0.3, -0.25) is 14.9 Å². The third-order valence-electron chi connectivity index (χ3n) is 3.58. The fourth-order valence-electron chi connectivity index (χ4n) is 2.54. The fourth-order valence-corrected chi connectivity index (χ4v) is 3.10. The first-order valence-electron chi connectivity index (χ1n) is 8.00. The van der Waals surface area contributed by atoms with Crippen LogP contribution in [0.1, 0.15) is 11.1 Å². The number of aryl methyl sites for hydroxylation is 2. The van der Waals surface area contributed by atoms with Gasteiger partial charge in [0.1, 0.15) is 5.69 Å². The second kappa shape index (κ2) is 8.00. The van der Waals surface area contributed by atoms with E-state index < -0.39 is 10.8 Å². The molecule has 0 bridgehead atoms. The topological polar surface area (TPSA) is 111 Å². The van der Waals surface area contributed by atoms with Crippen LogP contribution in [0.25, 0.3) is 11.5 Å². The molecule has 3 rings (SSSR count). The SMILES string of the molecule is Cc1cc(C)cc(-c2nnc(SCC(=O)Nc3ccccc3[N+](=O)[O-])o2)c1. The molecule has 2 aromatic carbocycles. The van der Waals surface area contributed by atoms with Gasteiger partial charge < -0.3 is 9.73 Å². The lowest BCUT2D eigenvalue weighted by Crippen LogP contribution is -2.15. The minimum absolute atomic E-state index is 0.0134. The molecule has 1 N–H and O–H groups in total. The van der Waals surface area contributed by atoms with Gasteiger partial charge in [0.25, 0.3) is 10.9 Å². The number of aromatic nitrogens is 2. The molecule has 0 aliphatic rings. The van der Waals surface area contributed by atoms with Crippen LogP contribution >= 0.6 is 11.8 Å². The molecule has 27 heavy (non-hydrogen) atoms. The van der Waals surface area contributed by atoms with Gasteiger partial charge in [0.15, 0.2) is 0 Å². The van der Waals surface area contributed by atoms with Crippen molar-refractivity contribution in [2.75, 3.05) is 11.1 Å². The van der Waals surface area contributed by atoms with Gasteiger partial charge in [0, 0.05) is 11.6 Å². The number of anilines is 1. The van der Waals surface area contributed by atoms with Crippen molar-refractivity contribution in [2.24, 2.45) is 0 Å². The molecule has 0 unspecified atom stereocenters. The maximum Gasteiger partial charge on any atom is 0.292 e. The fraction of sp³-hybridized carbons (Fsp3) is 0.167. The maximum absolute atomic E-state index is 12.1. The lowest BCUT2D eigenvalue weighted by Gasteiger charge is -2.04. The number of thioether (sulfide) groups is 1. The number of nitrogens with one attached hydrogen (secondary N) is 1. The van der Waals surface area contributed by atoms with E-state index in [1.165, 1.54) is 18.2 Å². The second-order valence-corrected chi connectivity index (χ2v) is 6.79. The van der Waals surface area contributed by atoms with Crippen LogP contribution in [0.4, 0.5) is 11.4 Å². The number of amides is 1. The minimum Gasteiger partial charge on any atom is -0.411 e. The number of benzene rings is 2. The molecule has 0 aliphatic heterocycles. The number of rotatable bonds is 6. The highest BCUT2D eigenvalue weighted by molar-refractivity contribution is 7.99. The number of carbonyl (C=O) groups is 1. The molecule has 0 saturated carbocycles. The molecule has 0 spiro atoms. The van der Waals surface area contributed by atoms with Crippen LogP contribution in [0, 0.1) is 24.0 Å². The summed E-state index contributed by atoms with van der Waals surface area (Å²) in [6.45, 7) is 3.96. The molecule has 0 radical (unpaired) electrons. The van der Waals surface area contributed by atoms with Gasteiger partial charge in [-0.2, -0.15) is 0 Å². The molecule has 8 nitrogen and oxygen atoms in total. The molecule has 0 saturated heterocycles. The maximum atomic E-state index is 12.1. The zero-order valence-electron chi connectivity index (χ0n) is 14.6. The predicted octanol–water partition coefficient (Wildman–Crippen LogP) is 3.99. The summed E-state index contributed by atoms with van der Waals surface area (Å²) in [5.41, 5.74) is 2.97. The molecular formula is C18H16N4O4S. The first kappa shape index (κ1) is 18.6. The average Bonchev–Trinajstić information content (AvgIpc) is 3.08. The van der Waals surface area contributed by atoms with Crippen molar-refractivity contribution in [1.29, 1.82) is 0 Å². The molecule has 0 atom stereocenters. The number of carbonyl (C=O) groups excluding carboxylic acids is 1. The Morgan fingerprint density at radius 2 is 1.89 bits per heavy atom. The monoisotopic (exact) mass is 384 g/mol. The minimum atomic E-state index is -0.545. The van der Waals surface area contributed by atoms with E-state index in [0.717, 1.165) is 28.5 Å². The summed E-state index contributed by atoms with van der Waals surface area (Å²) in [6.07, 6.45) is 0. The summed E-state index contributed by atoms with van der Waals surface area (Å²) >= 11 is 1.06. The van der Waals surface area contributed by atoms with Crippen LogP contribution < -0.4 is 5.32 Å². The highest BCUT2D eigenvalue weighted by Crippen LogP contribution is 2.26. The van der Waals surface area contributed by atoms with Crippen molar-refractivity contribution in [3.63, 3.8) is 0 Å². The van der Waals surface area contributed by atoms with Crippen LogP contribution in [-0.2, 0) is 4.79 Å². The van der Waals surface area contributed by atoms with Crippen LogP contribution in [0.15, 0.2) is 52.1 Å². The third kappa shape index (κ3) is 4.70. The lowest BCUT2D eigenvalue weighted by molar-refractivity contribution is -0.383. The van der Waals surface area contributed by atoms with Gasteiger partial charge in [0.2, 0.25) is 11.8 Å². The Balaban J connectivity index is 1.63. The molecule has 9 heteroatoms. The second-order valence-electron chi connectivity index (χ2n) is 5.86. The number of nitrogens with zero attached hydrogens (tertiary/aromatic N) is 3. The standard InChI is InChI=1S/C18H16N4O4S/c1-11-7-12(2)9-13(8-11)17-20-21-18(26-17)27-10-16(23)19-14-5-3-4-6-15(14)22(24)25/h3-9H,10H2,1-2H3,(H,19,23). The largest absolute Gasteiger partial charge is 0.411 e. The molecule has 0 aliphatic carbocycles. The summed E-state index contributed by atoms with van der Waals surface area (Å²) in [5, 5.41) is 21.7. The Morgan fingerprint density at radius 1 is 1.19 bits per heavy atom. The molecule has 1 aromatic heterocycles. The number of nitro groups is 1. The Bertz CT molecular complexity index is 982. The first-order chi connectivity index (χ1) is 12.9. The van der Waals surface area contributed by atoms with Crippen molar-refractivity contribution in [3.8, 4) is 11.5 Å². The van der Waals surface area contributed by atoms with E-state index >= 15 is 0 Å². The summed E-state index contributed by atoms with van der Waals surface area (Å²) < 4.78 is 5.59. The lowest BCUT2D eigenvalue weighted by atomic mass is 10.1. The van der Waals surface area contributed by atoms with Gasteiger partial charge in [-0.15, -0.1) is 10.2 Å². The highest BCUT2D eigenvalue weighted by Gasteiger charge is 2.16. The van der Waals surface area contributed by atoms with Crippen molar-refractivity contribution in [3.05, 3.63) is 63.7 Å². The molecule has 3 aromatic rings. The van der Waals surface area contributed by atoms with Gasteiger partial charge >= 0.3 is 0 Å². The Labute approximate surface area is 159 Å². The van der Waals surface area contributed by atoms with Crippen LogP contribution in [0.2, 0.25) is 0 Å².